The molecule has 0 bridgehead atoms. The Morgan fingerprint density at radius 2 is 2.12 bits per heavy atom. The number of hydrogen-bond acceptors (Lipinski definition) is 1. The van der Waals surface area contributed by atoms with Gasteiger partial charge in [0.2, 0.25) is 0 Å². The van der Waals surface area contributed by atoms with Crippen molar-refractivity contribution in [1.29, 1.82) is 0 Å². The second-order valence-corrected chi connectivity index (χ2v) is 4.88. The van der Waals surface area contributed by atoms with Crippen molar-refractivity contribution in [2.24, 2.45) is 0 Å². The van der Waals surface area contributed by atoms with Crippen LogP contribution in [0.5, 0.6) is 0 Å². The van der Waals surface area contributed by atoms with E-state index in [1.807, 2.05) is 0 Å². The standard InChI is InChI=1S/C14H17ClFN/c15-11-8-9-14(13(16)10-11)17-12-6-4-2-1-3-5-7-12/h4,6,8-10,12,17H,1-3,5,7H2/b6-4+. The van der Waals surface area contributed by atoms with Crippen LogP contribution in [0.1, 0.15) is 32.1 Å². The summed E-state index contributed by atoms with van der Waals surface area (Å²) in [6, 6.07) is 4.98. The third-order valence-electron chi connectivity index (χ3n) is 3.03. The Balaban J connectivity index is 2.05. The molecular formula is C14H17ClFN. The monoisotopic (exact) mass is 253 g/mol. The van der Waals surface area contributed by atoms with Gasteiger partial charge in [-0.05, 0) is 37.5 Å². The van der Waals surface area contributed by atoms with E-state index in [-0.39, 0.29) is 11.9 Å². The number of halogens is 2. The summed E-state index contributed by atoms with van der Waals surface area (Å²) in [6.45, 7) is 0. The van der Waals surface area contributed by atoms with E-state index in [0.29, 0.717) is 10.7 Å². The molecule has 1 unspecified atom stereocenters. The van der Waals surface area contributed by atoms with E-state index in [0.717, 1.165) is 12.8 Å². The zero-order valence-corrected chi connectivity index (χ0v) is 10.5. The number of anilines is 1. The van der Waals surface area contributed by atoms with Gasteiger partial charge < -0.3 is 5.32 Å². The zero-order chi connectivity index (χ0) is 12.1. The summed E-state index contributed by atoms with van der Waals surface area (Å²) in [5.41, 5.74) is 0.532. The Morgan fingerprint density at radius 1 is 1.24 bits per heavy atom. The predicted octanol–water partition coefficient (Wildman–Crippen LogP) is 4.78. The van der Waals surface area contributed by atoms with Crippen LogP contribution in [-0.4, -0.2) is 6.04 Å². The highest BCUT2D eigenvalue weighted by Gasteiger charge is 2.09. The van der Waals surface area contributed by atoms with Crippen molar-refractivity contribution in [3.8, 4) is 0 Å². The number of nitrogens with one attached hydrogen (secondary N) is 1. The number of benzene rings is 1. The first-order valence-electron chi connectivity index (χ1n) is 6.14. The highest BCUT2D eigenvalue weighted by atomic mass is 35.5. The van der Waals surface area contributed by atoms with Crippen LogP contribution in [-0.2, 0) is 0 Å². The van der Waals surface area contributed by atoms with Crippen LogP contribution in [0.4, 0.5) is 10.1 Å². The molecule has 1 atom stereocenters. The maximum atomic E-state index is 13.6. The van der Waals surface area contributed by atoms with Crippen molar-refractivity contribution < 1.29 is 4.39 Å². The van der Waals surface area contributed by atoms with E-state index >= 15 is 0 Å². The second-order valence-electron chi connectivity index (χ2n) is 4.44. The third kappa shape index (κ3) is 3.74. The number of rotatable bonds is 2. The molecule has 17 heavy (non-hydrogen) atoms. The lowest BCUT2D eigenvalue weighted by Gasteiger charge is -2.18. The van der Waals surface area contributed by atoms with Gasteiger partial charge in [0.1, 0.15) is 5.82 Å². The molecule has 0 fully saturated rings. The van der Waals surface area contributed by atoms with E-state index in [4.69, 9.17) is 11.6 Å². The Morgan fingerprint density at radius 3 is 2.94 bits per heavy atom. The minimum absolute atomic E-state index is 0.228. The fraction of sp³-hybridized carbons (Fsp3) is 0.429. The van der Waals surface area contributed by atoms with Crippen LogP contribution in [0, 0.1) is 5.82 Å². The molecule has 0 aliphatic heterocycles. The molecule has 0 radical (unpaired) electrons. The average Bonchev–Trinajstić information content (AvgIpc) is 2.25. The van der Waals surface area contributed by atoms with Gasteiger partial charge in [-0.3, -0.25) is 0 Å². The van der Waals surface area contributed by atoms with Gasteiger partial charge in [-0.2, -0.15) is 0 Å². The van der Waals surface area contributed by atoms with Crippen LogP contribution in [0.3, 0.4) is 0 Å². The SMILES string of the molecule is Fc1cc(Cl)ccc1NC1/C=C/CCCCC1. The number of allylic oxidation sites excluding steroid dienone is 1. The normalized spacial score (nSPS) is 22.6. The summed E-state index contributed by atoms with van der Waals surface area (Å²) in [4.78, 5) is 0. The van der Waals surface area contributed by atoms with Crippen molar-refractivity contribution >= 4 is 17.3 Å². The van der Waals surface area contributed by atoms with Gasteiger partial charge in [0.25, 0.3) is 0 Å². The average molecular weight is 254 g/mol. The van der Waals surface area contributed by atoms with Crippen molar-refractivity contribution in [1.82, 2.24) is 0 Å². The van der Waals surface area contributed by atoms with Crippen LogP contribution in [0.2, 0.25) is 5.02 Å². The van der Waals surface area contributed by atoms with Gasteiger partial charge in [-0.15, -0.1) is 0 Å². The minimum Gasteiger partial charge on any atom is -0.376 e. The van der Waals surface area contributed by atoms with Crippen LogP contribution < -0.4 is 5.32 Å². The smallest absolute Gasteiger partial charge is 0.147 e. The predicted molar refractivity (Wildman–Crippen MR) is 71.0 cm³/mol. The van der Waals surface area contributed by atoms with Crippen LogP contribution >= 0.6 is 11.6 Å². The largest absolute Gasteiger partial charge is 0.376 e. The molecule has 1 aliphatic rings. The van der Waals surface area contributed by atoms with E-state index in [1.165, 1.54) is 25.3 Å². The molecule has 1 aliphatic carbocycles. The highest BCUT2D eigenvalue weighted by Crippen LogP contribution is 2.22. The first-order valence-corrected chi connectivity index (χ1v) is 6.52. The van der Waals surface area contributed by atoms with Gasteiger partial charge in [-0.25, -0.2) is 4.39 Å². The zero-order valence-electron chi connectivity index (χ0n) is 9.76. The molecule has 2 rings (SSSR count). The van der Waals surface area contributed by atoms with Crippen molar-refractivity contribution in [2.75, 3.05) is 5.32 Å². The van der Waals surface area contributed by atoms with E-state index < -0.39 is 0 Å². The molecule has 1 N–H and O–H groups in total. The molecule has 1 nitrogen and oxygen atoms in total. The van der Waals surface area contributed by atoms with E-state index in [9.17, 15) is 4.39 Å². The summed E-state index contributed by atoms with van der Waals surface area (Å²) in [5.74, 6) is -0.284. The minimum atomic E-state index is -0.284. The summed E-state index contributed by atoms with van der Waals surface area (Å²) in [6.07, 6.45) is 10.2. The van der Waals surface area contributed by atoms with Crippen molar-refractivity contribution in [3.05, 3.63) is 41.2 Å². The Bertz CT molecular complexity index is 403. The lowest BCUT2D eigenvalue weighted by Crippen LogP contribution is -2.18. The second kappa shape index (κ2) is 6.06. The Hall–Kier alpha value is -1.02. The highest BCUT2D eigenvalue weighted by molar-refractivity contribution is 6.30. The first kappa shape index (κ1) is 12.4. The first-order chi connectivity index (χ1) is 8.25. The third-order valence-corrected chi connectivity index (χ3v) is 3.26. The van der Waals surface area contributed by atoms with Crippen molar-refractivity contribution in [3.63, 3.8) is 0 Å². The van der Waals surface area contributed by atoms with E-state index in [2.05, 4.69) is 17.5 Å². The van der Waals surface area contributed by atoms with Crippen LogP contribution in [0.25, 0.3) is 0 Å². The molecule has 0 amide bonds. The van der Waals surface area contributed by atoms with Gasteiger partial charge in [0.05, 0.1) is 5.69 Å². The topological polar surface area (TPSA) is 12.0 Å². The lowest BCUT2D eigenvalue weighted by atomic mass is 10.0. The van der Waals surface area contributed by atoms with Crippen molar-refractivity contribution in [2.45, 2.75) is 38.1 Å². The fourth-order valence-electron chi connectivity index (χ4n) is 2.09. The fourth-order valence-corrected chi connectivity index (χ4v) is 2.25. The van der Waals surface area contributed by atoms with Crippen LogP contribution in [0.15, 0.2) is 30.4 Å². The van der Waals surface area contributed by atoms with Gasteiger partial charge >= 0.3 is 0 Å². The maximum Gasteiger partial charge on any atom is 0.147 e. The lowest BCUT2D eigenvalue weighted by molar-refractivity contribution is 0.599. The Labute approximate surface area is 107 Å². The molecule has 92 valence electrons. The molecule has 1 aromatic carbocycles. The quantitative estimate of drug-likeness (QED) is 0.748. The van der Waals surface area contributed by atoms with E-state index in [1.54, 1.807) is 12.1 Å². The molecule has 0 heterocycles. The van der Waals surface area contributed by atoms with Gasteiger partial charge in [0.15, 0.2) is 0 Å². The maximum absolute atomic E-state index is 13.6. The number of hydrogen-bond donors (Lipinski definition) is 1. The summed E-state index contributed by atoms with van der Waals surface area (Å²) in [5, 5.41) is 3.66. The summed E-state index contributed by atoms with van der Waals surface area (Å²) in [7, 11) is 0. The molecule has 0 saturated carbocycles. The molecular weight excluding hydrogens is 237 g/mol. The molecule has 1 aromatic rings. The molecule has 0 aromatic heterocycles. The molecule has 3 heteroatoms. The summed E-state index contributed by atoms with van der Waals surface area (Å²) >= 11 is 5.73. The summed E-state index contributed by atoms with van der Waals surface area (Å²) < 4.78 is 13.6. The molecule has 0 saturated heterocycles. The van der Waals surface area contributed by atoms with Gasteiger partial charge in [-0.1, -0.05) is 36.6 Å². The van der Waals surface area contributed by atoms with Gasteiger partial charge in [0, 0.05) is 11.1 Å². The Kier molecular flexibility index (Phi) is 4.43. The molecule has 0 spiro atoms.